The number of hydrogen-bond acceptors (Lipinski definition) is 2. The number of aromatic hydroxyl groups is 1. The Balaban J connectivity index is 1.85. The first-order valence-electron chi connectivity index (χ1n) is 7.46. The van der Waals surface area contributed by atoms with Gasteiger partial charge in [0, 0.05) is 13.6 Å². The highest BCUT2D eigenvalue weighted by molar-refractivity contribution is 5.89. The summed E-state index contributed by atoms with van der Waals surface area (Å²) >= 11 is 0. The van der Waals surface area contributed by atoms with Gasteiger partial charge in [-0.05, 0) is 43.0 Å². The lowest BCUT2D eigenvalue weighted by atomic mass is 9.99. The van der Waals surface area contributed by atoms with Gasteiger partial charge in [-0.3, -0.25) is 4.79 Å². The van der Waals surface area contributed by atoms with E-state index >= 15 is 0 Å². The van der Waals surface area contributed by atoms with Gasteiger partial charge in [-0.15, -0.1) is 0 Å². The number of hydrogen-bond donors (Lipinski definition) is 1. The summed E-state index contributed by atoms with van der Waals surface area (Å²) in [6.07, 6.45) is 1.46. The molecule has 0 unspecified atom stereocenters. The van der Waals surface area contributed by atoms with E-state index < -0.39 is 0 Å². The molecule has 0 aliphatic rings. The van der Waals surface area contributed by atoms with Gasteiger partial charge in [0.25, 0.3) is 0 Å². The zero-order valence-electron chi connectivity index (χ0n) is 13.1. The minimum atomic E-state index is 0.0732. The fourth-order valence-corrected chi connectivity index (χ4v) is 2.36. The molecular formula is C19H22NO2. The maximum atomic E-state index is 12.4. The van der Waals surface area contributed by atoms with Crippen LogP contribution in [0.15, 0.2) is 54.6 Å². The second-order valence-electron chi connectivity index (χ2n) is 5.59. The van der Waals surface area contributed by atoms with Gasteiger partial charge >= 0.3 is 0 Å². The molecule has 0 saturated carbocycles. The third-order valence-electron chi connectivity index (χ3n) is 3.70. The van der Waals surface area contributed by atoms with E-state index in [1.54, 1.807) is 17.0 Å². The Kier molecular flexibility index (Phi) is 5.59. The van der Waals surface area contributed by atoms with Gasteiger partial charge in [0.15, 0.2) is 0 Å². The van der Waals surface area contributed by atoms with Crippen molar-refractivity contribution in [3.05, 3.63) is 71.6 Å². The van der Waals surface area contributed by atoms with Crippen LogP contribution in [0.4, 0.5) is 0 Å². The van der Waals surface area contributed by atoms with E-state index in [9.17, 15) is 9.90 Å². The molecule has 3 nitrogen and oxygen atoms in total. The first-order valence-corrected chi connectivity index (χ1v) is 7.46. The lowest BCUT2D eigenvalue weighted by Gasteiger charge is -2.21. The molecule has 1 amide bonds. The molecule has 0 atom stereocenters. The summed E-state index contributed by atoms with van der Waals surface area (Å²) in [5, 5.41) is 9.28. The van der Waals surface area contributed by atoms with Crippen LogP contribution < -0.4 is 0 Å². The standard InChI is InChI=1S/C19H22NO2/c1-15(14-17-8-10-18(21)11-9-17)19(22)20(2)13-12-16-6-4-3-5-7-16/h3-11,21H,12-14H2,1-2H3. The molecule has 0 aromatic heterocycles. The molecule has 0 aliphatic heterocycles. The van der Waals surface area contributed by atoms with Crippen LogP contribution in [0.25, 0.3) is 0 Å². The fourth-order valence-electron chi connectivity index (χ4n) is 2.36. The second kappa shape index (κ2) is 7.64. The predicted octanol–water partition coefficient (Wildman–Crippen LogP) is 3.23. The summed E-state index contributed by atoms with van der Waals surface area (Å²) in [6, 6.07) is 17.1. The van der Waals surface area contributed by atoms with Crippen molar-refractivity contribution in [2.45, 2.75) is 19.8 Å². The Labute approximate surface area is 132 Å². The second-order valence-corrected chi connectivity index (χ2v) is 5.59. The van der Waals surface area contributed by atoms with Crippen LogP contribution >= 0.6 is 0 Å². The number of phenolic OH excluding ortho intramolecular Hbond substituents is 1. The number of likely N-dealkylation sites (N-methyl/N-ethyl adjacent to an activating group) is 1. The largest absolute Gasteiger partial charge is 0.508 e. The molecule has 22 heavy (non-hydrogen) atoms. The Morgan fingerprint density at radius 3 is 2.27 bits per heavy atom. The molecule has 1 N–H and O–H groups in total. The zero-order chi connectivity index (χ0) is 15.9. The number of carbonyl (C=O) groups excluding carboxylic acids is 1. The van der Waals surface area contributed by atoms with Crippen molar-refractivity contribution < 1.29 is 9.90 Å². The quantitative estimate of drug-likeness (QED) is 0.889. The van der Waals surface area contributed by atoms with Crippen LogP contribution in [0.5, 0.6) is 5.75 Å². The lowest BCUT2D eigenvalue weighted by molar-refractivity contribution is -0.127. The normalized spacial score (nSPS) is 10.7. The van der Waals surface area contributed by atoms with E-state index in [1.807, 2.05) is 44.3 Å². The van der Waals surface area contributed by atoms with Crippen molar-refractivity contribution >= 4 is 5.91 Å². The van der Waals surface area contributed by atoms with Crippen molar-refractivity contribution in [3.8, 4) is 5.75 Å². The molecule has 0 fully saturated rings. The van der Waals surface area contributed by atoms with E-state index in [0.717, 1.165) is 17.9 Å². The number of nitrogens with zero attached hydrogens (tertiary/aromatic N) is 1. The van der Waals surface area contributed by atoms with Crippen LogP contribution in [-0.2, 0) is 17.6 Å². The highest BCUT2D eigenvalue weighted by Gasteiger charge is 2.18. The summed E-state index contributed by atoms with van der Waals surface area (Å²) in [4.78, 5) is 14.1. The molecule has 3 heteroatoms. The molecule has 1 radical (unpaired) electrons. The van der Waals surface area contributed by atoms with Gasteiger partial charge in [0.2, 0.25) is 5.91 Å². The summed E-state index contributed by atoms with van der Waals surface area (Å²) in [6.45, 7) is 2.57. The van der Waals surface area contributed by atoms with E-state index in [1.165, 1.54) is 5.56 Å². The Bertz CT molecular complexity index is 593. The Morgan fingerprint density at radius 1 is 1.00 bits per heavy atom. The topological polar surface area (TPSA) is 40.5 Å². The molecule has 0 aliphatic carbocycles. The highest BCUT2D eigenvalue weighted by Crippen LogP contribution is 2.16. The number of benzene rings is 2. The van der Waals surface area contributed by atoms with E-state index in [-0.39, 0.29) is 11.7 Å². The summed E-state index contributed by atoms with van der Waals surface area (Å²) in [5.74, 6) is 1.12. The van der Waals surface area contributed by atoms with Crippen LogP contribution in [0.3, 0.4) is 0 Å². The minimum absolute atomic E-state index is 0.0732. The molecule has 2 aromatic rings. The molecule has 115 valence electrons. The minimum Gasteiger partial charge on any atom is -0.508 e. The molecule has 2 rings (SSSR count). The number of amides is 1. The van der Waals surface area contributed by atoms with Crippen molar-refractivity contribution in [3.63, 3.8) is 0 Å². The third-order valence-corrected chi connectivity index (χ3v) is 3.70. The number of phenols is 1. The molecule has 0 spiro atoms. The first kappa shape index (κ1) is 16.1. The van der Waals surface area contributed by atoms with Crippen molar-refractivity contribution in [2.75, 3.05) is 13.6 Å². The summed E-state index contributed by atoms with van der Waals surface area (Å²) in [7, 11) is 1.84. The Morgan fingerprint density at radius 2 is 1.64 bits per heavy atom. The van der Waals surface area contributed by atoms with E-state index in [4.69, 9.17) is 0 Å². The zero-order valence-corrected chi connectivity index (χ0v) is 13.1. The molecule has 0 bridgehead atoms. The van der Waals surface area contributed by atoms with Gasteiger partial charge < -0.3 is 10.0 Å². The molecule has 2 aromatic carbocycles. The maximum absolute atomic E-state index is 12.4. The van der Waals surface area contributed by atoms with Gasteiger partial charge in [0.05, 0.1) is 5.92 Å². The van der Waals surface area contributed by atoms with Gasteiger partial charge in [0.1, 0.15) is 5.75 Å². The predicted molar refractivity (Wildman–Crippen MR) is 88.5 cm³/mol. The maximum Gasteiger partial charge on any atom is 0.229 e. The van der Waals surface area contributed by atoms with Crippen molar-refractivity contribution in [2.24, 2.45) is 0 Å². The number of rotatable bonds is 6. The lowest BCUT2D eigenvalue weighted by Crippen LogP contribution is -2.33. The van der Waals surface area contributed by atoms with Gasteiger partial charge in [-0.2, -0.15) is 0 Å². The molecule has 0 saturated heterocycles. The van der Waals surface area contributed by atoms with Crippen LogP contribution in [-0.4, -0.2) is 29.5 Å². The summed E-state index contributed by atoms with van der Waals surface area (Å²) < 4.78 is 0. The fraction of sp³-hybridized carbons (Fsp3) is 0.263. The molecule has 0 heterocycles. The van der Waals surface area contributed by atoms with Gasteiger partial charge in [-0.1, -0.05) is 42.5 Å². The SMILES string of the molecule is C[C](Cc1ccc(O)cc1)C(=O)N(C)CCc1ccccc1. The van der Waals surface area contributed by atoms with Crippen LogP contribution in [0.2, 0.25) is 0 Å². The number of carbonyl (C=O) groups is 1. The monoisotopic (exact) mass is 296 g/mol. The molecular weight excluding hydrogens is 274 g/mol. The van der Waals surface area contributed by atoms with Crippen LogP contribution in [0.1, 0.15) is 18.1 Å². The van der Waals surface area contributed by atoms with Crippen molar-refractivity contribution in [1.29, 1.82) is 0 Å². The highest BCUT2D eigenvalue weighted by atomic mass is 16.3. The van der Waals surface area contributed by atoms with Crippen LogP contribution in [0, 0.1) is 5.92 Å². The average Bonchev–Trinajstić information content (AvgIpc) is 2.55. The Hall–Kier alpha value is -2.29. The average molecular weight is 296 g/mol. The smallest absolute Gasteiger partial charge is 0.229 e. The van der Waals surface area contributed by atoms with Crippen molar-refractivity contribution in [1.82, 2.24) is 4.90 Å². The van der Waals surface area contributed by atoms with E-state index in [0.29, 0.717) is 13.0 Å². The summed E-state index contributed by atoms with van der Waals surface area (Å²) in [5.41, 5.74) is 2.26. The first-order chi connectivity index (χ1) is 10.6. The van der Waals surface area contributed by atoms with Gasteiger partial charge in [-0.25, -0.2) is 0 Å². The third kappa shape index (κ3) is 4.62. The van der Waals surface area contributed by atoms with E-state index in [2.05, 4.69) is 12.1 Å².